The Morgan fingerprint density at radius 3 is 3.00 bits per heavy atom. The molecule has 7 heteroatoms. The first-order valence-corrected chi connectivity index (χ1v) is 7.48. The number of aromatic amines is 1. The lowest BCUT2D eigenvalue weighted by atomic mass is 9.99. The molecule has 7 nitrogen and oxygen atoms in total. The van der Waals surface area contributed by atoms with Gasteiger partial charge in [-0.15, -0.1) is 5.11 Å². The quantitative estimate of drug-likeness (QED) is 0.776. The van der Waals surface area contributed by atoms with Crippen LogP contribution in [0.3, 0.4) is 0 Å². The van der Waals surface area contributed by atoms with Crippen LogP contribution in [0, 0.1) is 0 Å². The molecule has 2 aromatic carbocycles. The van der Waals surface area contributed by atoms with Crippen molar-refractivity contribution in [1.29, 1.82) is 0 Å². The number of hydrogen-bond acceptors (Lipinski definition) is 4. The maximum atomic E-state index is 12.3. The highest BCUT2D eigenvalue weighted by Crippen LogP contribution is 2.26. The predicted octanol–water partition coefficient (Wildman–Crippen LogP) is 2.64. The van der Waals surface area contributed by atoms with Crippen molar-refractivity contribution in [3.05, 3.63) is 65.5 Å². The number of amides is 2. The van der Waals surface area contributed by atoms with E-state index < -0.39 is 0 Å². The number of nitrogens with zero attached hydrogens (tertiary/aromatic N) is 3. The Balaban J connectivity index is 1.51. The van der Waals surface area contributed by atoms with E-state index in [1.165, 1.54) is 0 Å². The van der Waals surface area contributed by atoms with Crippen LogP contribution in [0.25, 0.3) is 11.0 Å². The Hall–Kier alpha value is -3.35. The van der Waals surface area contributed by atoms with Gasteiger partial charge < -0.3 is 10.3 Å². The second kappa shape index (κ2) is 5.69. The van der Waals surface area contributed by atoms with Gasteiger partial charge in [-0.05, 0) is 29.8 Å². The van der Waals surface area contributed by atoms with Crippen molar-refractivity contribution in [3.63, 3.8) is 0 Å². The second-order valence-corrected chi connectivity index (χ2v) is 5.47. The average Bonchev–Trinajstić information content (AvgIpc) is 3.09. The Morgan fingerprint density at radius 1 is 1.21 bits per heavy atom. The maximum Gasteiger partial charge on any atom is 0.295 e. The van der Waals surface area contributed by atoms with E-state index in [9.17, 15) is 9.59 Å². The van der Waals surface area contributed by atoms with Gasteiger partial charge in [0.2, 0.25) is 0 Å². The fourth-order valence-corrected chi connectivity index (χ4v) is 2.74. The number of azo groups is 1. The average molecular weight is 319 g/mol. The zero-order valence-electron chi connectivity index (χ0n) is 12.6. The molecule has 1 aliphatic heterocycles. The van der Waals surface area contributed by atoms with E-state index in [-0.39, 0.29) is 24.4 Å². The van der Waals surface area contributed by atoms with Crippen LogP contribution in [0.5, 0.6) is 0 Å². The van der Waals surface area contributed by atoms with Crippen LogP contribution in [-0.2, 0) is 0 Å². The van der Waals surface area contributed by atoms with Crippen molar-refractivity contribution >= 4 is 22.8 Å². The van der Waals surface area contributed by atoms with Crippen LogP contribution in [0.4, 0.5) is 0 Å². The molecule has 3 aromatic rings. The van der Waals surface area contributed by atoms with E-state index in [2.05, 4.69) is 25.5 Å². The number of aromatic nitrogens is 2. The van der Waals surface area contributed by atoms with E-state index in [4.69, 9.17) is 0 Å². The number of fused-ring (bicyclic) bond motifs is 2. The Bertz CT molecular complexity index is 976. The Labute approximate surface area is 136 Å². The molecule has 0 saturated heterocycles. The highest BCUT2D eigenvalue weighted by Gasteiger charge is 2.23. The SMILES string of the molecule is O=C(NCC1N=NC(=O)c2ccccc21)c1ccc2nc[nH]c2c1. The molecule has 1 unspecified atom stereocenters. The van der Waals surface area contributed by atoms with E-state index in [0.717, 1.165) is 16.6 Å². The second-order valence-electron chi connectivity index (χ2n) is 5.47. The molecule has 1 atom stereocenters. The van der Waals surface area contributed by atoms with Gasteiger partial charge in [0.15, 0.2) is 0 Å². The minimum atomic E-state index is -0.362. The summed E-state index contributed by atoms with van der Waals surface area (Å²) in [5.74, 6) is -0.561. The van der Waals surface area contributed by atoms with Crippen molar-refractivity contribution in [3.8, 4) is 0 Å². The first kappa shape index (κ1) is 14.3. The molecule has 0 bridgehead atoms. The molecule has 1 aromatic heterocycles. The smallest absolute Gasteiger partial charge is 0.295 e. The van der Waals surface area contributed by atoms with E-state index in [0.29, 0.717) is 11.1 Å². The molecular weight excluding hydrogens is 306 g/mol. The van der Waals surface area contributed by atoms with Gasteiger partial charge in [0, 0.05) is 17.7 Å². The molecule has 2 amide bonds. The van der Waals surface area contributed by atoms with Crippen molar-refractivity contribution in [2.45, 2.75) is 6.04 Å². The summed E-state index contributed by atoms with van der Waals surface area (Å²) in [5.41, 5.74) is 3.45. The molecule has 0 saturated carbocycles. The molecule has 0 fully saturated rings. The normalized spacial score (nSPS) is 16.2. The highest BCUT2D eigenvalue weighted by atomic mass is 16.2. The van der Waals surface area contributed by atoms with Gasteiger partial charge in [-0.25, -0.2) is 4.98 Å². The van der Waals surface area contributed by atoms with Crippen LogP contribution >= 0.6 is 0 Å². The third-order valence-electron chi connectivity index (χ3n) is 3.98. The Kier molecular flexibility index (Phi) is 3.38. The number of carbonyl (C=O) groups is 2. The third kappa shape index (κ3) is 2.45. The van der Waals surface area contributed by atoms with Crippen molar-refractivity contribution < 1.29 is 9.59 Å². The van der Waals surface area contributed by atoms with Gasteiger partial charge in [-0.2, -0.15) is 5.11 Å². The number of rotatable bonds is 3. The molecule has 4 rings (SSSR count). The number of benzene rings is 2. The standard InChI is InChI=1S/C17H13N5O2/c23-16(10-5-6-13-14(7-10)20-9-19-13)18-8-15-11-3-1-2-4-12(11)17(24)22-21-15/h1-7,9,15H,8H2,(H,18,23)(H,19,20). The summed E-state index contributed by atoms with van der Waals surface area (Å²) in [6, 6.07) is 12.1. The molecule has 0 spiro atoms. The Morgan fingerprint density at radius 2 is 2.08 bits per heavy atom. The summed E-state index contributed by atoms with van der Waals surface area (Å²) in [4.78, 5) is 31.2. The minimum absolute atomic E-state index is 0.212. The monoisotopic (exact) mass is 319 g/mol. The summed E-state index contributed by atoms with van der Waals surface area (Å²) >= 11 is 0. The molecule has 0 aliphatic carbocycles. The first-order chi connectivity index (χ1) is 11.7. The topological polar surface area (TPSA) is 99.6 Å². The first-order valence-electron chi connectivity index (χ1n) is 7.48. The predicted molar refractivity (Wildman–Crippen MR) is 86.8 cm³/mol. The van der Waals surface area contributed by atoms with Crippen molar-refractivity contribution in [2.75, 3.05) is 6.54 Å². The summed E-state index contributed by atoms with van der Waals surface area (Å²) < 4.78 is 0. The van der Waals surface area contributed by atoms with Gasteiger partial charge in [-0.3, -0.25) is 9.59 Å². The van der Waals surface area contributed by atoms with Crippen LogP contribution in [0.1, 0.15) is 32.3 Å². The lowest BCUT2D eigenvalue weighted by molar-refractivity contribution is 0.0950. The highest BCUT2D eigenvalue weighted by molar-refractivity contribution is 5.98. The van der Waals surface area contributed by atoms with Crippen LogP contribution in [0.2, 0.25) is 0 Å². The number of imidazole rings is 1. The molecule has 118 valence electrons. The minimum Gasteiger partial charge on any atom is -0.349 e. The molecular formula is C17H13N5O2. The van der Waals surface area contributed by atoms with E-state index in [1.807, 2.05) is 12.1 Å². The lowest BCUT2D eigenvalue weighted by Gasteiger charge is -2.18. The largest absolute Gasteiger partial charge is 0.349 e. The lowest BCUT2D eigenvalue weighted by Crippen LogP contribution is -2.29. The van der Waals surface area contributed by atoms with E-state index in [1.54, 1.807) is 36.7 Å². The maximum absolute atomic E-state index is 12.3. The van der Waals surface area contributed by atoms with Gasteiger partial charge in [0.25, 0.3) is 11.8 Å². The summed E-state index contributed by atoms with van der Waals surface area (Å²) in [6.07, 6.45) is 1.59. The van der Waals surface area contributed by atoms with Crippen LogP contribution in [0.15, 0.2) is 59.0 Å². The van der Waals surface area contributed by atoms with Crippen molar-refractivity contribution in [2.24, 2.45) is 10.2 Å². The zero-order chi connectivity index (χ0) is 16.5. The van der Waals surface area contributed by atoms with E-state index >= 15 is 0 Å². The molecule has 2 N–H and O–H groups in total. The van der Waals surface area contributed by atoms with Crippen LogP contribution in [-0.4, -0.2) is 28.3 Å². The van der Waals surface area contributed by atoms with Gasteiger partial charge in [0.1, 0.15) is 6.04 Å². The third-order valence-corrected chi connectivity index (χ3v) is 3.98. The molecule has 24 heavy (non-hydrogen) atoms. The van der Waals surface area contributed by atoms with Crippen molar-refractivity contribution in [1.82, 2.24) is 15.3 Å². The number of hydrogen-bond donors (Lipinski definition) is 2. The number of H-pyrrole nitrogens is 1. The number of carbonyl (C=O) groups excluding carboxylic acids is 2. The zero-order valence-corrected chi connectivity index (χ0v) is 12.6. The molecule has 1 aliphatic rings. The summed E-state index contributed by atoms with van der Waals surface area (Å²) in [6.45, 7) is 0.271. The van der Waals surface area contributed by atoms with Crippen LogP contribution < -0.4 is 5.32 Å². The molecule has 2 heterocycles. The summed E-state index contributed by atoms with van der Waals surface area (Å²) in [5, 5.41) is 10.5. The van der Waals surface area contributed by atoms with Gasteiger partial charge in [0.05, 0.1) is 17.4 Å². The summed E-state index contributed by atoms with van der Waals surface area (Å²) in [7, 11) is 0. The fourth-order valence-electron chi connectivity index (χ4n) is 2.74. The number of nitrogens with one attached hydrogen (secondary N) is 2. The molecule has 0 radical (unpaired) electrons. The van der Waals surface area contributed by atoms with Gasteiger partial charge >= 0.3 is 0 Å². The fraction of sp³-hybridized carbons (Fsp3) is 0.118. The van der Waals surface area contributed by atoms with Gasteiger partial charge in [-0.1, -0.05) is 18.2 Å².